The van der Waals surface area contributed by atoms with Crippen molar-refractivity contribution in [1.82, 2.24) is 10.3 Å². The minimum absolute atomic E-state index is 0.0517. The zero-order chi connectivity index (χ0) is 14.2. The van der Waals surface area contributed by atoms with Crippen LogP contribution in [0, 0.1) is 0 Å². The SMILES string of the molecule is O=C(CNCCc1ccccn1)Nc1cccc(Br)c1. The van der Waals surface area contributed by atoms with E-state index in [1.807, 2.05) is 42.5 Å². The highest BCUT2D eigenvalue weighted by atomic mass is 79.9. The summed E-state index contributed by atoms with van der Waals surface area (Å²) in [4.78, 5) is 16.0. The largest absolute Gasteiger partial charge is 0.325 e. The molecule has 4 nitrogen and oxygen atoms in total. The maximum absolute atomic E-state index is 11.7. The van der Waals surface area contributed by atoms with Gasteiger partial charge in [-0.1, -0.05) is 28.1 Å². The number of nitrogens with one attached hydrogen (secondary N) is 2. The van der Waals surface area contributed by atoms with Gasteiger partial charge in [0.2, 0.25) is 5.91 Å². The Hall–Kier alpha value is -1.72. The molecule has 2 N–H and O–H groups in total. The van der Waals surface area contributed by atoms with Crippen LogP contribution in [0.15, 0.2) is 53.1 Å². The highest BCUT2D eigenvalue weighted by Gasteiger charge is 2.02. The molecule has 2 aromatic rings. The highest BCUT2D eigenvalue weighted by molar-refractivity contribution is 9.10. The van der Waals surface area contributed by atoms with Gasteiger partial charge in [-0.2, -0.15) is 0 Å². The molecule has 5 heteroatoms. The summed E-state index contributed by atoms with van der Waals surface area (Å²) in [6, 6.07) is 13.4. The van der Waals surface area contributed by atoms with Gasteiger partial charge >= 0.3 is 0 Å². The fraction of sp³-hybridized carbons (Fsp3) is 0.200. The second-order valence-electron chi connectivity index (χ2n) is 4.31. The van der Waals surface area contributed by atoms with E-state index >= 15 is 0 Å². The molecule has 1 heterocycles. The Bertz CT molecular complexity index is 560. The fourth-order valence-corrected chi connectivity index (χ4v) is 2.14. The van der Waals surface area contributed by atoms with E-state index in [-0.39, 0.29) is 5.91 Å². The van der Waals surface area contributed by atoms with Crippen LogP contribution in [0.1, 0.15) is 5.69 Å². The first kappa shape index (κ1) is 14.7. The van der Waals surface area contributed by atoms with Crippen molar-refractivity contribution in [2.75, 3.05) is 18.4 Å². The molecular weight excluding hydrogens is 318 g/mol. The molecule has 1 aromatic carbocycles. The van der Waals surface area contributed by atoms with Gasteiger partial charge in [-0.3, -0.25) is 9.78 Å². The lowest BCUT2D eigenvalue weighted by Gasteiger charge is -2.07. The fourth-order valence-electron chi connectivity index (χ4n) is 1.74. The summed E-state index contributed by atoms with van der Waals surface area (Å²) in [5.74, 6) is -0.0517. The molecule has 0 saturated carbocycles. The van der Waals surface area contributed by atoms with Crippen molar-refractivity contribution in [3.8, 4) is 0 Å². The second kappa shape index (κ2) is 7.77. The van der Waals surface area contributed by atoms with E-state index in [0.29, 0.717) is 6.54 Å². The zero-order valence-electron chi connectivity index (χ0n) is 11.0. The Balaban J connectivity index is 1.68. The lowest BCUT2D eigenvalue weighted by molar-refractivity contribution is -0.115. The molecule has 104 valence electrons. The van der Waals surface area contributed by atoms with Crippen molar-refractivity contribution in [2.45, 2.75) is 6.42 Å². The molecule has 0 unspecified atom stereocenters. The smallest absolute Gasteiger partial charge is 0.238 e. The summed E-state index contributed by atoms with van der Waals surface area (Å²) in [6.45, 7) is 1.02. The van der Waals surface area contributed by atoms with Crippen LogP contribution in [0.25, 0.3) is 0 Å². The predicted molar refractivity (Wildman–Crippen MR) is 83.6 cm³/mol. The first-order chi connectivity index (χ1) is 9.74. The number of carbonyl (C=O) groups excluding carboxylic acids is 1. The van der Waals surface area contributed by atoms with Gasteiger partial charge in [0.15, 0.2) is 0 Å². The topological polar surface area (TPSA) is 54.0 Å². The van der Waals surface area contributed by atoms with Crippen molar-refractivity contribution in [1.29, 1.82) is 0 Å². The van der Waals surface area contributed by atoms with E-state index in [1.165, 1.54) is 0 Å². The Morgan fingerprint density at radius 3 is 2.85 bits per heavy atom. The summed E-state index contributed by atoms with van der Waals surface area (Å²) < 4.78 is 0.943. The third-order valence-electron chi connectivity index (χ3n) is 2.68. The van der Waals surface area contributed by atoms with E-state index in [2.05, 4.69) is 31.5 Å². The number of pyridine rings is 1. The lowest BCUT2D eigenvalue weighted by atomic mass is 10.3. The van der Waals surface area contributed by atoms with Gasteiger partial charge in [-0.15, -0.1) is 0 Å². The third kappa shape index (κ3) is 5.11. The van der Waals surface area contributed by atoms with Gasteiger partial charge in [-0.05, 0) is 30.3 Å². The average molecular weight is 334 g/mol. The molecule has 20 heavy (non-hydrogen) atoms. The summed E-state index contributed by atoms with van der Waals surface area (Å²) in [7, 11) is 0. The quantitative estimate of drug-likeness (QED) is 0.799. The van der Waals surface area contributed by atoms with E-state index in [4.69, 9.17) is 0 Å². The molecule has 0 spiro atoms. The first-order valence-electron chi connectivity index (χ1n) is 6.40. The van der Waals surface area contributed by atoms with Crippen molar-refractivity contribution in [3.05, 3.63) is 58.8 Å². The Morgan fingerprint density at radius 1 is 1.20 bits per heavy atom. The highest BCUT2D eigenvalue weighted by Crippen LogP contribution is 2.15. The van der Waals surface area contributed by atoms with Crippen LogP contribution < -0.4 is 10.6 Å². The molecule has 0 fully saturated rings. The monoisotopic (exact) mass is 333 g/mol. The van der Waals surface area contributed by atoms with Crippen molar-refractivity contribution < 1.29 is 4.79 Å². The molecule has 0 bridgehead atoms. The van der Waals surface area contributed by atoms with Crippen LogP contribution in [0.4, 0.5) is 5.69 Å². The number of hydrogen-bond acceptors (Lipinski definition) is 3. The molecule has 1 aromatic heterocycles. The van der Waals surface area contributed by atoms with Crippen LogP contribution in [0.3, 0.4) is 0 Å². The Kier molecular flexibility index (Phi) is 5.70. The van der Waals surface area contributed by atoms with Gasteiger partial charge in [0, 0.05) is 35.0 Å². The number of benzene rings is 1. The van der Waals surface area contributed by atoms with Crippen LogP contribution in [-0.4, -0.2) is 24.0 Å². The van der Waals surface area contributed by atoms with Gasteiger partial charge in [-0.25, -0.2) is 0 Å². The minimum atomic E-state index is -0.0517. The molecule has 0 saturated heterocycles. The van der Waals surface area contributed by atoms with E-state index < -0.39 is 0 Å². The lowest BCUT2D eigenvalue weighted by Crippen LogP contribution is -2.29. The van der Waals surface area contributed by atoms with Gasteiger partial charge in [0.25, 0.3) is 0 Å². The first-order valence-corrected chi connectivity index (χ1v) is 7.19. The van der Waals surface area contributed by atoms with Crippen molar-refractivity contribution in [2.24, 2.45) is 0 Å². The van der Waals surface area contributed by atoms with E-state index in [0.717, 1.165) is 28.8 Å². The molecule has 1 amide bonds. The molecule has 0 aliphatic rings. The zero-order valence-corrected chi connectivity index (χ0v) is 12.6. The van der Waals surface area contributed by atoms with Crippen molar-refractivity contribution in [3.63, 3.8) is 0 Å². The molecule has 0 aliphatic heterocycles. The maximum atomic E-state index is 11.7. The maximum Gasteiger partial charge on any atom is 0.238 e. The molecule has 0 radical (unpaired) electrons. The van der Waals surface area contributed by atoms with Gasteiger partial charge in [0.05, 0.1) is 6.54 Å². The second-order valence-corrected chi connectivity index (χ2v) is 5.22. The number of halogens is 1. The van der Waals surface area contributed by atoms with E-state index in [9.17, 15) is 4.79 Å². The van der Waals surface area contributed by atoms with Gasteiger partial charge < -0.3 is 10.6 Å². The molecule has 0 atom stereocenters. The van der Waals surface area contributed by atoms with Crippen LogP contribution in [0.2, 0.25) is 0 Å². The molecule has 0 aliphatic carbocycles. The Labute approximate surface area is 126 Å². The number of amides is 1. The average Bonchev–Trinajstić information content (AvgIpc) is 2.45. The Morgan fingerprint density at radius 2 is 2.10 bits per heavy atom. The van der Waals surface area contributed by atoms with Crippen LogP contribution >= 0.6 is 15.9 Å². The number of aromatic nitrogens is 1. The number of anilines is 1. The van der Waals surface area contributed by atoms with E-state index in [1.54, 1.807) is 6.20 Å². The summed E-state index contributed by atoms with van der Waals surface area (Å²) in [5, 5.41) is 5.94. The number of nitrogens with zero attached hydrogens (tertiary/aromatic N) is 1. The normalized spacial score (nSPS) is 10.2. The predicted octanol–water partition coefficient (Wildman–Crippen LogP) is 2.61. The summed E-state index contributed by atoms with van der Waals surface area (Å²) in [6.07, 6.45) is 2.58. The summed E-state index contributed by atoms with van der Waals surface area (Å²) >= 11 is 3.37. The van der Waals surface area contributed by atoms with Crippen molar-refractivity contribution >= 4 is 27.5 Å². The third-order valence-corrected chi connectivity index (χ3v) is 3.17. The van der Waals surface area contributed by atoms with Gasteiger partial charge in [0.1, 0.15) is 0 Å². The molecular formula is C15H16BrN3O. The number of hydrogen-bond donors (Lipinski definition) is 2. The standard InChI is InChI=1S/C15H16BrN3O/c16-12-4-3-6-14(10-12)19-15(20)11-17-9-7-13-5-1-2-8-18-13/h1-6,8,10,17H,7,9,11H2,(H,19,20). The minimum Gasteiger partial charge on any atom is -0.325 e. The summed E-state index contributed by atoms with van der Waals surface area (Å²) in [5.41, 5.74) is 1.81. The number of rotatable bonds is 6. The number of carbonyl (C=O) groups is 1. The van der Waals surface area contributed by atoms with Crippen LogP contribution in [0.5, 0.6) is 0 Å². The van der Waals surface area contributed by atoms with Crippen LogP contribution in [-0.2, 0) is 11.2 Å². The molecule has 2 rings (SSSR count).